The molecule has 104 valence electrons. The molecule has 1 aromatic rings. The first-order chi connectivity index (χ1) is 9.11. The minimum Gasteiger partial charge on any atom is -0.339 e. The van der Waals surface area contributed by atoms with E-state index in [1.165, 1.54) is 24.0 Å². The fourth-order valence-electron chi connectivity index (χ4n) is 2.42. The smallest absolute Gasteiger partial charge is 0.236 e. The molecule has 1 fully saturated rings. The van der Waals surface area contributed by atoms with E-state index in [-0.39, 0.29) is 11.9 Å². The number of rotatable bonds is 6. The number of carbonyl (C=O) groups is 1. The fraction of sp³-hybridized carbons (Fsp3) is 0.562. The first-order valence-electron chi connectivity index (χ1n) is 7.21. The summed E-state index contributed by atoms with van der Waals surface area (Å²) >= 11 is 0. The van der Waals surface area contributed by atoms with E-state index in [2.05, 4.69) is 50.4 Å². The molecule has 0 spiro atoms. The quantitative estimate of drug-likeness (QED) is 0.853. The number of hydrogen-bond donors (Lipinski definition) is 1. The second kappa shape index (κ2) is 6.20. The van der Waals surface area contributed by atoms with Gasteiger partial charge in [-0.15, -0.1) is 0 Å². The predicted molar refractivity (Wildman–Crippen MR) is 78.0 cm³/mol. The molecule has 0 bridgehead atoms. The summed E-state index contributed by atoms with van der Waals surface area (Å²) in [7, 11) is 0. The van der Waals surface area contributed by atoms with Crippen molar-refractivity contribution in [1.82, 2.24) is 10.2 Å². The summed E-state index contributed by atoms with van der Waals surface area (Å²) in [5.41, 5.74) is 2.49. The molecule has 0 aromatic heterocycles. The van der Waals surface area contributed by atoms with Crippen molar-refractivity contribution >= 4 is 5.91 Å². The van der Waals surface area contributed by atoms with Crippen molar-refractivity contribution in [3.8, 4) is 0 Å². The van der Waals surface area contributed by atoms with Gasteiger partial charge < -0.3 is 10.2 Å². The number of aryl methyl sites for hydroxylation is 1. The summed E-state index contributed by atoms with van der Waals surface area (Å²) in [4.78, 5) is 14.1. The Kier molecular flexibility index (Phi) is 4.59. The Balaban J connectivity index is 1.85. The highest BCUT2D eigenvalue weighted by Gasteiger charge is 2.31. The largest absolute Gasteiger partial charge is 0.339 e. The van der Waals surface area contributed by atoms with E-state index in [0.29, 0.717) is 12.6 Å². The Bertz CT molecular complexity index is 440. The average Bonchev–Trinajstić information content (AvgIpc) is 3.21. The normalized spacial score (nSPS) is 16.2. The van der Waals surface area contributed by atoms with Gasteiger partial charge in [0, 0.05) is 18.6 Å². The molecule has 0 radical (unpaired) electrons. The van der Waals surface area contributed by atoms with E-state index in [4.69, 9.17) is 0 Å². The first kappa shape index (κ1) is 14.1. The Labute approximate surface area is 116 Å². The summed E-state index contributed by atoms with van der Waals surface area (Å²) in [5.74, 6) is 0.226. The molecule has 1 atom stereocenters. The van der Waals surface area contributed by atoms with Crippen molar-refractivity contribution in [2.75, 3.05) is 13.1 Å². The topological polar surface area (TPSA) is 32.3 Å². The zero-order valence-corrected chi connectivity index (χ0v) is 12.1. The lowest BCUT2D eigenvalue weighted by Crippen LogP contribution is -2.40. The molecular formula is C16H24N2O. The average molecular weight is 260 g/mol. The maximum absolute atomic E-state index is 12.1. The standard InChI is InChI=1S/C16H24N2O/c1-4-18(15-8-9-15)16(19)11-17-13(3)14-7-5-6-12(2)10-14/h5-7,10,13,15,17H,4,8-9,11H2,1-3H3/t13-/m0/s1. The highest BCUT2D eigenvalue weighted by Crippen LogP contribution is 2.26. The molecule has 1 N–H and O–H groups in total. The number of benzene rings is 1. The molecule has 2 rings (SSSR count). The van der Waals surface area contributed by atoms with Gasteiger partial charge in [0.1, 0.15) is 0 Å². The van der Waals surface area contributed by atoms with Gasteiger partial charge in [-0.2, -0.15) is 0 Å². The number of hydrogen-bond acceptors (Lipinski definition) is 2. The minimum atomic E-state index is 0.210. The second-order valence-electron chi connectivity index (χ2n) is 5.43. The van der Waals surface area contributed by atoms with Crippen molar-refractivity contribution in [2.45, 2.75) is 45.7 Å². The summed E-state index contributed by atoms with van der Waals surface area (Å²) in [6.45, 7) is 7.51. The molecule has 19 heavy (non-hydrogen) atoms. The summed E-state index contributed by atoms with van der Waals surface area (Å²) in [5, 5.41) is 3.33. The van der Waals surface area contributed by atoms with Gasteiger partial charge in [0.2, 0.25) is 5.91 Å². The third kappa shape index (κ3) is 3.80. The number of likely N-dealkylation sites (N-methyl/N-ethyl adjacent to an activating group) is 1. The van der Waals surface area contributed by atoms with Crippen LogP contribution in [0.3, 0.4) is 0 Å². The van der Waals surface area contributed by atoms with Gasteiger partial charge in [-0.3, -0.25) is 4.79 Å². The van der Waals surface area contributed by atoms with Crippen molar-refractivity contribution in [3.05, 3.63) is 35.4 Å². The van der Waals surface area contributed by atoms with Crippen LogP contribution in [-0.4, -0.2) is 29.9 Å². The van der Waals surface area contributed by atoms with Crippen LogP contribution in [-0.2, 0) is 4.79 Å². The summed E-state index contributed by atoms with van der Waals surface area (Å²) in [6, 6.07) is 9.14. The van der Waals surface area contributed by atoms with Gasteiger partial charge in [0.15, 0.2) is 0 Å². The molecule has 1 aliphatic rings. The van der Waals surface area contributed by atoms with Crippen molar-refractivity contribution < 1.29 is 4.79 Å². The van der Waals surface area contributed by atoms with E-state index >= 15 is 0 Å². The summed E-state index contributed by atoms with van der Waals surface area (Å²) < 4.78 is 0. The van der Waals surface area contributed by atoms with Gasteiger partial charge in [0.25, 0.3) is 0 Å². The first-order valence-corrected chi connectivity index (χ1v) is 7.21. The van der Waals surface area contributed by atoms with Crippen LogP contribution in [0.2, 0.25) is 0 Å². The van der Waals surface area contributed by atoms with Crippen LogP contribution in [0.25, 0.3) is 0 Å². The second-order valence-corrected chi connectivity index (χ2v) is 5.43. The van der Waals surface area contributed by atoms with Gasteiger partial charge in [0.05, 0.1) is 6.54 Å². The number of nitrogens with zero attached hydrogens (tertiary/aromatic N) is 1. The maximum Gasteiger partial charge on any atom is 0.236 e. The van der Waals surface area contributed by atoms with Crippen LogP contribution in [0.1, 0.15) is 43.9 Å². The lowest BCUT2D eigenvalue weighted by Gasteiger charge is -2.22. The number of carbonyl (C=O) groups excluding carboxylic acids is 1. The molecule has 3 nitrogen and oxygen atoms in total. The van der Waals surface area contributed by atoms with Crippen LogP contribution in [0.15, 0.2) is 24.3 Å². The zero-order valence-electron chi connectivity index (χ0n) is 12.1. The lowest BCUT2D eigenvalue weighted by atomic mass is 10.1. The van der Waals surface area contributed by atoms with Crippen LogP contribution < -0.4 is 5.32 Å². The number of nitrogens with one attached hydrogen (secondary N) is 1. The molecule has 1 amide bonds. The predicted octanol–water partition coefficient (Wildman–Crippen LogP) is 2.66. The van der Waals surface area contributed by atoms with Crippen LogP contribution in [0, 0.1) is 6.92 Å². The van der Waals surface area contributed by atoms with E-state index in [9.17, 15) is 4.79 Å². The van der Waals surface area contributed by atoms with E-state index < -0.39 is 0 Å². The molecule has 3 heteroatoms. The SMILES string of the molecule is CCN(C(=O)CN[C@@H](C)c1cccc(C)c1)C1CC1. The van der Waals surface area contributed by atoms with Crippen molar-refractivity contribution in [2.24, 2.45) is 0 Å². The lowest BCUT2D eigenvalue weighted by molar-refractivity contribution is -0.130. The van der Waals surface area contributed by atoms with Gasteiger partial charge in [-0.25, -0.2) is 0 Å². The Hall–Kier alpha value is -1.35. The Morgan fingerprint density at radius 1 is 1.47 bits per heavy atom. The molecule has 0 saturated heterocycles. The maximum atomic E-state index is 12.1. The fourth-order valence-corrected chi connectivity index (χ4v) is 2.42. The van der Waals surface area contributed by atoms with Gasteiger partial charge in [-0.1, -0.05) is 29.8 Å². The molecule has 0 aliphatic heterocycles. The highest BCUT2D eigenvalue weighted by atomic mass is 16.2. The Morgan fingerprint density at radius 3 is 2.79 bits per heavy atom. The zero-order chi connectivity index (χ0) is 13.8. The van der Waals surface area contributed by atoms with Gasteiger partial charge in [-0.05, 0) is 39.2 Å². The molecule has 1 aliphatic carbocycles. The van der Waals surface area contributed by atoms with Crippen LogP contribution in [0.5, 0.6) is 0 Å². The molecular weight excluding hydrogens is 236 g/mol. The van der Waals surface area contributed by atoms with E-state index in [1.54, 1.807) is 0 Å². The highest BCUT2D eigenvalue weighted by molar-refractivity contribution is 5.79. The molecule has 1 aromatic carbocycles. The van der Waals surface area contributed by atoms with Crippen LogP contribution in [0.4, 0.5) is 0 Å². The molecule has 1 saturated carbocycles. The van der Waals surface area contributed by atoms with E-state index in [0.717, 1.165) is 6.54 Å². The van der Waals surface area contributed by atoms with Crippen molar-refractivity contribution in [3.63, 3.8) is 0 Å². The van der Waals surface area contributed by atoms with Gasteiger partial charge >= 0.3 is 0 Å². The minimum absolute atomic E-state index is 0.210. The summed E-state index contributed by atoms with van der Waals surface area (Å²) in [6.07, 6.45) is 2.35. The van der Waals surface area contributed by atoms with Crippen molar-refractivity contribution in [1.29, 1.82) is 0 Å². The molecule has 0 unspecified atom stereocenters. The molecule has 0 heterocycles. The third-order valence-corrected chi connectivity index (χ3v) is 3.75. The van der Waals surface area contributed by atoms with E-state index in [1.807, 2.05) is 4.90 Å². The monoisotopic (exact) mass is 260 g/mol. The Morgan fingerprint density at radius 2 is 2.21 bits per heavy atom. The third-order valence-electron chi connectivity index (χ3n) is 3.75. The number of amides is 1. The van der Waals surface area contributed by atoms with Crippen LogP contribution >= 0.6 is 0 Å².